The van der Waals surface area contributed by atoms with Crippen LogP contribution in [0.15, 0.2) is 24.3 Å². The second kappa shape index (κ2) is 6.00. The summed E-state index contributed by atoms with van der Waals surface area (Å²) in [5.41, 5.74) is 2.54. The van der Waals surface area contributed by atoms with Crippen molar-refractivity contribution in [3.63, 3.8) is 0 Å². The van der Waals surface area contributed by atoms with Crippen molar-refractivity contribution in [2.75, 3.05) is 6.54 Å². The Morgan fingerprint density at radius 1 is 1.35 bits per heavy atom. The minimum absolute atomic E-state index is 0.0527. The van der Waals surface area contributed by atoms with Crippen LogP contribution in [0.3, 0.4) is 0 Å². The molecule has 0 radical (unpaired) electrons. The van der Waals surface area contributed by atoms with Gasteiger partial charge >= 0.3 is 6.03 Å². The maximum Gasteiger partial charge on any atom is 0.325 e. The molecule has 1 atom stereocenters. The van der Waals surface area contributed by atoms with Crippen molar-refractivity contribution in [3.8, 4) is 0 Å². The molecule has 7 heteroatoms. The fraction of sp³-hybridized carbons (Fsp3) is 0.438. The molecule has 1 aliphatic heterocycles. The molecule has 1 aromatic carbocycles. The van der Waals surface area contributed by atoms with Gasteiger partial charge in [0, 0.05) is 13.0 Å². The van der Waals surface area contributed by atoms with E-state index < -0.39 is 17.5 Å². The Labute approximate surface area is 133 Å². The van der Waals surface area contributed by atoms with Gasteiger partial charge in [-0.15, -0.1) is 0 Å². The van der Waals surface area contributed by atoms with Gasteiger partial charge in [-0.1, -0.05) is 24.3 Å². The monoisotopic (exact) mass is 317 g/mol. The zero-order valence-corrected chi connectivity index (χ0v) is 12.7. The molecule has 3 rings (SSSR count). The highest BCUT2D eigenvalue weighted by atomic mass is 16.5. The minimum Gasteiger partial charge on any atom is -0.319 e. The molecule has 1 aliphatic carbocycles. The van der Waals surface area contributed by atoms with Crippen molar-refractivity contribution < 1.29 is 19.6 Å². The first-order chi connectivity index (χ1) is 11.1. The van der Waals surface area contributed by atoms with E-state index in [-0.39, 0.29) is 18.9 Å². The largest absolute Gasteiger partial charge is 0.325 e. The van der Waals surface area contributed by atoms with Gasteiger partial charge in [-0.3, -0.25) is 19.7 Å². The molecular weight excluding hydrogens is 298 g/mol. The number of aryl methyl sites for hydroxylation is 1. The van der Waals surface area contributed by atoms with Crippen LogP contribution in [0.1, 0.15) is 36.8 Å². The molecule has 1 aromatic rings. The molecule has 1 spiro atoms. The minimum atomic E-state index is -0.967. The number of imide groups is 1. The Hall–Kier alpha value is -2.41. The second-order valence-electron chi connectivity index (χ2n) is 5.94. The normalized spacial score (nSPS) is 22.9. The fourth-order valence-corrected chi connectivity index (χ4v) is 3.47. The summed E-state index contributed by atoms with van der Waals surface area (Å²) in [5, 5.41) is 11.3. The first-order valence-corrected chi connectivity index (χ1v) is 7.74. The number of carbonyl (C=O) groups excluding carboxylic acids is 3. The Morgan fingerprint density at radius 2 is 2.13 bits per heavy atom. The first-order valence-electron chi connectivity index (χ1n) is 7.74. The molecule has 122 valence electrons. The lowest BCUT2D eigenvalue weighted by molar-refractivity contribution is -0.133. The van der Waals surface area contributed by atoms with Gasteiger partial charge in [0.1, 0.15) is 5.54 Å². The molecule has 7 nitrogen and oxygen atoms in total. The average Bonchev–Trinajstić information content (AvgIpc) is 2.80. The molecule has 0 saturated carbocycles. The molecule has 4 amide bonds. The van der Waals surface area contributed by atoms with E-state index in [2.05, 4.69) is 5.32 Å². The van der Waals surface area contributed by atoms with Crippen LogP contribution >= 0.6 is 0 Å². The second-order valence-corrected chi connectivity index (χ2v) is 5.94. The molecule has 3 N–H and O–H groups in total. The maximum absolute atomic E-state index is 12.9. The number of amides is 4. The summed E-state index contributed by atoms with van der Waals surface area (Å²) >= 11 is 0. The highest BCUT2D eigenvalue weighted by Crippen LogP contribution is 2.39. The van der Waals surface area contributed by atoms with Gasteiger partial charge < -0.3 is 5.32 Å². The summed E-state index contributed by atoms with van der Waals surface area (Å²) in [7, 11) is 0. The number of hydrogen-bond donors (Lipinski definition) is 3. The summed E-state index contributed by atoms with van der Waals surface area (Å²) in [6.45, 7) is 0.155. The van der Waals surface area contributed by atoms with Crippen LogP contribution in [0.2, 0.25) is 0 Å². The van der Waals surface area contributed by atoms with Crippen LogP contribution in [-0.4, -0.2) is 34.5 Å². The van der Waals surface area contributed by atoms with E-state index in [1.165, 1.54) is 10.4 Å². The van der Waals surface area contributed by atoms with Gasteiger partial charge in [0.05, 0.1) is 0 Å². The van der Waals surface area contributed by atoms with Gasteiger partial charge in [0.2, 0.25) is 5.91 Å². The molecule has 1 fully saturated rings. The third kappa shape index (κ3) is 2.57. The summed E-state index contributed by atoms with van der Waals surface area (Å²) in [4.78, 5) is 37.4. The fourth-order valence-electron chi connectivity index (χ4n) is 3.47. The maximum atomic E-state index is 12.9. The Bertz CT molecular complexity index is 660. The van der Waals surface area contributed by atoms with Crippen LogP contribution < -0.4 is 10.8 Å². The number of rotatable bonds is 4. The predicted octanol–water partition coefficient (Wildman–Crippen LogP) is 1.06. The van der Waals surface area contributed by atoms with Crippen LogP contribution in [0.25, 0.3) is 0 Å². The molecule has 1 heterocycles. The smallest absolute Gasteiger partial charge is 0.319 e. The lowest BCUT2D eigenvalue weighted by atomic mass is 9.76. The molecule has 0 bridgehead atoms. The van der Waals surface area contributed by atoms with E-state index in [0.717, 1.165) is 24.0 Å². The highest BCUT2D eigenvalue weighted by Gasteiger charge is 2.53. The number of urea groups is 1. The van der Waals surface area contributed by atoms with Gasteiger partial charge in [-0.2, -0.15) is 0 Å². The molecule has 1 unspecified atom stereocenters. The van der Waals surface area contributed by atoms with Gasteiger partial charge in [-0.25, -0.2) is 10.3 Å². The number of hydroxylamine groups is 1. The lowest BCUT2D eigenvalue weighted by Crippen LogP contribution is -2.46. The van der Waals surface area contributed by atoms with Crippen LogP contribution in [0.4, 0.5) is 4.79 Å². The molecule has 1 saturated heterocycles. The quantitative estimate of drug-likeness (QED) is 0.439. The van der Waals surface area contributed by atoms with Crippen LogP contribution in [0.5, 0.6) is 0 Å². The van der Waals surface area contributed by atoms with Crippen molar-refractivity contribution in [2.24, 2.45) is 0 Å². The summed E-state index contributed by atoms with van der Waals surface area (Å²) in [5.74, 6) is -0.783. The van der Waals surface area contributed by atoms with Crippen LogP contribution in [0, 0.1) is 0 Å². The topological polar surface area (TPSA) is 98.7 Å². The third-order valence-electron chi connectivity index (χ3n) is 4.56. The van der Waals surface area contributed by atoms with Crippen molar-refractivity contribution >= 4 is 17.8 Å². The van der Waals surface area contributed by atoms with Crippen molar-refractivity contribution in [2.45, 2.75) is 37.6 Å². The average molecular weight is 317 g/mol. The Balaban J connectivity index is 1.80. The van der Waals surface area contributed by atoms with E-state index >= 15 is 0 Å². The highest BCUT2D eigenvalue weighted by molar-refractivity contribution is 6.07. The first kappa shape index (κ1) is 15.5. The SMILES string of the molecule is O=C(CCCN1C(=O)NC2(CCCc3ccccc32)C1=O)NO. The van der Waals surface area contributed by atoms with Crippen molar-refractivity contribution in [3.05, 3.63) is 35.4 Å². The van der Waals surface area contributed by atoms with Gasteiger partial charge in [-0.05, 0) is 36.8 Å². The van der Waals surface area contributed by atoms with E-state index in [9.17, 15) is 14.4 Å². The van der Waals surface area contributed by atoms with E-state index in [1.807, 2.05) is 24.3 Å². The zero-order chi connectivity index (χ0) is 16.4. The number of carbonyl (C=O) groups is 3. The number of hydrogen-bond acceptors (Lipinski definition) is 4. The summed E-state index contributed by atoms with van der Waals surface area (Å²) in [6.07, 6.45) is 2.68. The Morgan fingerprint density at radius 3 is 2.91 bits per heavy atom. The van der Waals surface area contributed by atoms with E-state index in [4.69, 9.17) is 5.21 Å². The molecule has 23 heavy (non-hydrogen) atoms. The Kier molecular flexibility index (Phi) is 4.04. The predicted molar refractivity (Wildman–Crippen MR) is 80.5 cm³/mol. The van der Waals surface area contributed by atoms with Gasteiger partial charge in [0.25, 0.3) is 5.91 Å². The number of nitrogens with zero attached hydrogens (tertiary/aromatic N) is 1. The molecule has 0 aromatic heterocycles. The van der Waals surface area contributed by atoms with E-state index in [1.54, 1.807) is 0 Å². The van der Waals surface area contributed by atoms with Gasteiger partial charge in [0.15, 0.2) is 0 Å². The van der Waals surface area contributed by atoms with Crippen molar-refractivity contribution in [1.29, 1.82) is 0 Å². The summed E-state index contributed by atoms with van der Waals surface area (Å²) < 4.78 is 0. The molecular formula is C16H19N3O4. The standard InChI is InChI=1S/C16H19N3O4/c20-13(18-23)8-4-10-19-14(21)16(17-15(19)22)9-3-6-11-5-1-2-7-12(11)16/h1-2,5,7,23H,3-4,6,8-10H2,(H,17,22)(H,18,20). The number of benzene rings is 1. The lowest BCUT2D eigenvalue weighted by Gasteiger charge is -2.33. The number of fused-ring (bicyclic) bond motifs is 2. The zero-order valence-electron chi connectivity index (χ0n) is 12.7. The van der Waals surface area contributed by atoms with Crippen LogP contribution in [-0.2, 0) is 21.5 Å². The van der Waals surface area contributed by atoms with E-state index in [0.29, 0.717) is 12.8 Å². The summed E-state index contributed by atoms with van der Waals surface area (Å²) in [6, 6.07) is 7.28. The van der Waals surface area contributed by atoms with Crippen molar-refractivity contribution in [1.82, 2.24) is 15.7 Å². The number of nitrogens with one attached hydrogen (secondary N) is 2. The molecule has 2 aliphatic rings. The third-order valence-corrected chi connectivity index (χ3v) is 4.56.